The second kappa shape index (κ2) is 2.04. The van der Waals surface area contributed by atoms with Crippen LogP contribution in [0.15, 0.2) is 17.3 Å². The van der Waals surface area contributed by atoms with E-state index in [1.165, 1.54) is 12.5 Å². The highest BCUT2D eigenvalue weighted by Gasteiger charge is 2.30. The summed E-state index contributed by atoms with van der Waals surface area (Å²) >= 11 is 0. The Morgan fingerprint density at radius 2 is 2.33 bits per heavy atom. The molecule has 1 aromatic heterocycles. The van der Waals surface area contributed by atoms with Crippen LogP contribution in [0.5, 0.6) is 0 Å². The Hall–Kier alpha value is -1.91. The average Bonchev–Trinajstić information content (AvgIpc) is 2.50. The van der Waals surface area contributed by atoms with Crippen molar-refractivity contribution in [1.29, 1.82) is 0 Å². The number of hydrogen-bond acceptors (Lipinski definition) is 3. The number of imidazole rings is 1. The standard InChI is InChI=1S/C7H4N2O3/c10-6-4(5(6)7(11)12)3-1-8-2-9-3/h1-2H,(H,8,9)(H,11,12). The van der Waals surface area contributed by atoms with Crippen LogP contribution in [0.25, 0.3) is 11.3 Å². The maximum absolute atomic E-state index is 10.9. The lowest BCUT2D eigenvalue weighted by molar-refractivity contribution is 0.0701. The predicted octanol–water partition coefficient (Wildman–Crippen LogP) is 0.0107. The van der Waals surface area contributed by atoms with Gasteiger partial charge in [0.05, 0.1) is 23.8 Å². The van der Waals surface area contributed by atoms with E-state index >= 15 is 0 Å². The highest BCUT2D eigenvalue weighted by Crippen LogP contribution is 2.21. The van der Waals surface area contributed by atoms with Crippen LogP contribution >= 0.6 is 0 Å². The topological polar surface area (TPSA) is 83.0 Å². The number of carbonyl (C=O) groups is 1. The molecular weight excluding hydrogens is 160 g/mol. The summed E-state index contributed by atoms with van der Waals surface area (Å²) in [7, 11) is 0. The second-order valence-corrected chi connectivity index (χ2v) is 2.35. The minimum atomic E-state index is -1.18. The van der Waals surface area contributed by atoms with Crippen molar-refractivity contribution in [1.82, 2.24) is 9.97 Å². The highest BCUT2D eigenvalue weighted by molar-refractivity contribution is 6.02. The molecule has 0 fully saturated rings. The normalized spacial score (nSPS) is 10.7. The Kier molecular flexibility index (Phi) is 1.15. The van der Waals surface area contributed by atoms with E-state index in [4.69, 9.17) is 5.11 Å². The fourth-order valence-electron chi connectivity index (χ4n) is 1.02. The SMILES string of the molecule is O=C(O)c1c(-c2cnc[nH]2)c1=O. The minimum absolute atomic E-state index is 0.140. The fourth-order valence-corrected chi connectivity index (χ4v) is 1.02. The number of nitrogens with one attached hydrogen (secondary N) is 1. The van der Waals surface area contributed by atoms with Gasteiger partial charge < -0.3 is 10.1 Å². The van der Waals surface area contributed by atoms with Gasteiger partial charge in [0.25, 0.3) is 0 Å². The number of nitrogens with zero attached hydrogens (tertiary/aromatic N) is 1. The van der Waals surface area contributed by atoms with Crippen LogP contribution in [0, 0.1) is 0 Å². The second-order valence-electron chi connectivity index (χ2n) is 2.35. The van der Waals surface area contributed by atoms with Crippen LogP contribution in [0.3, 0.4) is 0 Å². The van der Waals surface area contributed by atoms with Gasteiger partial charge in [0.15, 0.2) is 0 Å². The monoisotopic (exact) mass is 164 g/mol. The van der Waals surface area contributed by atoms with Gasteiger partial charge in [0.1, 0.15) is 5.56 Å². The smallest absolute Gasteiger partial charge is 0.340 e. The number of carboxylic acid groups (broad SMARTS) is 1. The van der Waals surface area contributed by atoms with Crippen molar-refractivity contribution in [3.8, 4) is 11.3 Å². The highest BCUT2D eigenvalue weighted by atomic mass is 16.4. The molecule has 1 aromatic carbocycles. The Morgan fingerprint density at radius 1 is 1.58 bits per heavy atom. The van der Waals surface area contributed by atoms with Gasteiger partial charge in [-0.25, -0.2) is 9.78 Å². The first-order valence-corrected chi connectivity index (χ1v) is 3.23. The van der Waals surface area contributed by atoms with Crippen LogP contribution in [-0.4, -0.2) is 21.0 Å². The van der Waals surface area contributed by atoms with Gasteiger partial charge in [-0.05, 0) is 0 Å². The van der Waals surface area contributed by atoms with Gasteiger partial charge in [-0.15, -0.1) is 0 Å². The van der Waals surface area contributed by atoms with Gasteiger partial charge in [-0.3, -0.25) is 4.79 Å². The van der Waals surface area contributed by atoms with Crippen molar-refractivity contribution in [3.05, 3.63) is 28.3 Å². The molecule has 0 atom stereocenters. The van der Waals surface area contributed by atoms with Crippen molar-refractivity contribution >= 4 is 5.97 Å². The fraction of sp³-hybridized carbons (Fsp3) is 0. The van der Waals surface area contributed by atoms with E-state index in [-0.39, 0.29) is 11.1 Å². The lowest BCUT2D eigenvalue weighted by Gasteiger charge is -1.79. The van der Waals surface area contributed by atoms with Crippen LogP contribution in [-0.2, 0) is 0 Å². The molecule has 0 aliphatic carbocycles. The Labute approximate surface area is 66.4 Å². The first-order chi connectivity index (χ1) is 5.72. The largest absolute Gasteiger partial charge is 0.478 e. The molecule has 5 nitrogen and oxygen atoms in total. The van der Waals surface area contributed by atoms with E-state index in [9.17, 15) is 9.59 Å². The van der Waals surface area contributed by atoms with E-state index in [2.05, 4.69) is 9.97 Å². The first-order valence-electron chi connectivity index (χ1n) is 3.23. The molecule has 0 spiro atoms. The van der Waals surface area contributed by atoms with E-state index in [0.717, 1.165) is 0 Å². The maximum Gasteiger partial charge on any atom is 0.340 e. The Balaban J connectivity index is 2.45. The van der Waals surface area contributed by atoms with Crippen molar-refractivity contribution in [2.75, 3.05) is 0 Å². The minimum Gasteiger partial charge on any atom is -0.478 e. The zero-order valence-corrected chi connectivity index (χ0v) is 5.87. The lowest BCUT2D eigenvalue weighted by atomic mass is 10.3. The van der Waals surface area contributed by atoms with Crippen LogP contribution in [0.4, 0.5) is 0 Å². The third kappa shape index (κ3) is 0.763. The van der Waals surface area contributed by atoms with Gasteiger partial charge in [-0.2, -0.15) is 0 Å². The van der Waals surface area contributed by atoms with Gasteiger partial charge in [0, 0.05) is 0 Å². The molecule has 0 saturated carbocycles. The molecule has 0 radical (unpaired) electrons. The molecule has 0 amide bonds. The van der Waals surface area contributed by atoms with E-state index in [0.29, 0.717) is 5.69 Å². The predicted molar refractivity (Wildman–Crippen MR) is 39.6 cm³/mol. The molecule has 0 aliphatic heterocycles. The van der Waals surface area contributed by atoms with Crippen molar-refractivity contribution in [3.63, 3.8) is 0 Å². The van der Waals surface area contributed by atoms with Crippen LogP contribution < -0.4 is 5.43 Å². The number of hydrogen-bond donors (Lipinski definition) is 2. The third-order valence-corrected chi connectivity index (χ3v) is 1.62. The lowest BCUT2D eigenvalue weighted by Crippen LogP contribution is -1.92. The number of aromatic carboxylic acids is 1. The summed E-state index contributed by atoms with van der Waals surface area (Å²) in [6, 6.07) is 0. The molecule has 0 unspecified atom stereocenters. The number of H-pyrrole nitrogens is 1. The maximum atomic E-state index is 10.9. The van der Waals surface area contributed by atoms with E-state index < -0.39 is 11.4 Å². The molecule has 1 heterocycles. The molecule has 0 saturated heterocycles. The van der Waals surface area contributed by atoms with Crippen molar-refractivity contribution in [2.24, 2.45) is 0 Å². The molecule has 2 N–H and O–H groups in total. The van der Waals surface area contributed by atoms with Gasteiger partial charge >= 0.3 is 5.97 Å². The molecule has 2 rings (SSSR count). The summed E-state index contributed by atoms with van der Waals surface area (Å²) in [5, 5.41) is 8.48. The zero-order valence-electron chi connectivity index (χ0n) is 5.87. The number of rotatable bonds is 2. The molecule has 2 aromatic rings. The van der Waals surface area contributed by atoms with Crippen LogP contribution in [0.1, 0.15) is 10.4 Å². The van der Waals surface area contributed by atoms with E-state index in [1.54, 1.807) is 0 Å². The Morgan fingerprint density at radius 3 is 2.75 bits per heavy atom. The third-order valence-electron chi connectivity index (χ3n) is 1.62. The number of carboxylic acids is 1. The summed E-state index contributed by atoms with van der Waals surface area (Å²) in [4.78, 5) is 27.6. The number of aromatic nitrogens is 2. The summed E-state index contributed by atoms with van der Waals surface area (Å²) in [6.45, 7) is 0. The van der Waals surface area contributed by atoms with Crippen LogP contribution in [0.2, 0.25) is 0 Å². The molecule has 0 bridgehead atoms. The quantitative estimate of drug-likeness (QED) is 0.654. The first kappa shape index (κ1) is 6.78. The summed E-state index contributed by atoms with van der Waals surface area (Å²) < 4.78 is 0. The van der Waals surface area contributed by atoms with Gasteiger partial charge in [-0.1, -0.05) is 0 Å². The summed E-state index contributed by atoms with van der Waals surface area (Å²) in [5.41, 5.74) is 0.156. The summed E-state index contributed by atoms with van der Waals surface area (Å²) in [5.74, 6) is -1.18. The summed E-state index contributed by atoms with van der Waals surface area (Å²) in [6.07, 6.45) is 2.82. The molecular formula is C7H4N2O3. The number of aromatic amines is 1. The van der Waals surface area contributed by atoms with Gasteiger partial charge in [0.2, 0.25) is 5.43 Å². The molecule has 60 valence electrons. The van der Waals surface area contributed by atoms with E-state index in [1.807, 2.05) is 0 Å². The van der Waals surface area contributed by atoms with Crippen molar-refractivity contribution < 1.29 is 9.90 Å². The molecule has 5 heteroatoms. The molecule has 0 aliphatic rings. The zero-order chi connectivity index (χ0) is 8.72. The van der Waals surface area contributed by atoms with Crippen molar-refractivity contribution in [2.45, 2.75) is 0 Å². The Bertz CT molecular complexity index is 434. The average molecular weight is 164 g/mol. The molecule has 12 heavy (non-hydrogen) atoms.